The van der Waals surface area contributed by atoms with Crippen molar-refractivity contribution in [3.05, 3.63) is 34.7 Å². The number of aromatic nitrogens is 2. The van der Waals surface area contributed by atoms with Gasteiger partial charge in [-0.25, -0.2) is 4.79 Å². The van der Waals surface area contributed by atoms with Gasteiger partial charge in [0.2, 0.25) is 0 Å². The number of nitrogens with one attached hydrogen (secondary N) is 2. The summed E-state index contributed by atoms with van der Waals surface area (Å²) in [5, 5.41) is 3.37. The number of imidazole rings is 1. The number of likely N-dealkylation sites (tertiary alicyclic amines) is 1. The van der Waals surface area contributed by atoms with Gasteiger partial charge in [-0.1, -0.05) is 12.1 Å². The Balaban J connectivity index is 1.59. The third-order valence-electron chi connectivity index (χ3n) is 4.45. The molecule has 1 saturated heterocycles. The Bertz CT molecular complexity index is 645. The largest absolute Gasteiger partial charge is 0.326 e. The highest BCUT2D eigenvalue weighted by Gasteiger charge is 2.17. The van der Waals surface area contributed by atoms with Crippen LogP contribution in [0, 0.1) is 0 Å². The van der Waals surface area contributed by atoms with E-state index in [9.17, 15) is 4.79 Å². The van der Waals surface area contributed by atoms with Crippen molar-refractivity contribution in [2.45, 2.75) is 31.8 Å². The van der Waals surface area contributed by atoms with Crippen molar-refractivity contribution in [3.63, 3.8) is 0 Å². The van der Waals surface area contributed by atoms with E-state index in [2.05, 4.69) is 15.2 Å². The molecule has 21 heavy (non-hydrogen) atoms. The van der Waals surface area contributed by atoms with Crippen molar-refractivity contribution < 1.29 is 0 Å². The number of H-pyrrole nitrogens is 1. The van der Waals surface area contributed by atoms with Crippen LogP contribution in [0.3, 0.4) is 0 Å². The Kier molecular flexibility index (Phi) is 4.41. The molecule has 1 unspecified atom stereocenters. The minimum absolute atomic E-state index is 0.00273. The van der Waals surface area contributed by atoms with Gasteiger partial charge in [0.05, 0.1) is 11.0 Å². The predicted molar refractivity (Wildman–Crippen MR) is 85.7 cm³/mol. The molecule has 0 saturated carbocycles. The second-order valence-corrected chi connectivity index (χ2v) is 5.88. The fourth-order valence-electron chi connectivity index (χ4n) is 3.28. The minimum atomic E-state index is 0.00273. The van der Waals surface area contributed by atoms with E-state index >= 15 is 0 Å². The predicted octanol–water partition coefficient (Wildman–Crippen LogP) is 1.40. The smallest absolute Gasteiger partial charge is 0.316 e. The van der Waals surface area contributed by atoms with E-state index in [0.717, 1.165) is 37.1 Å². The molecule has 1 fully saturated rings. The lowest BCUT2D eigenvalue weighted by molar-refractivity contribution is 0.191. The molecule has 5 heteroatoms. The van der Waals surface area contributed by atoms with Gasteiger partial charge in [-0.15, -0.1) is 0 Å². The molecule has 1 aliphatic heterocycles. The summed E-state index contributed by atoms with van der Waals surface area (Å²) in [7, 11) is 2.04. The Hall–Kier alpha value is -1.59. The molecular weight excluding hydrogens is 264 g/mol. The molecule has 0 radical (unpaired) electrons. The van der Waals surface area contributed by atoms with E-state index in [1.807, 2.05) is 35.9 Å². The molecule has 2 heterocycles. The number of hydrogen-bond donors (Lipinski definition) is 2. The number of likely N-dealkylation sites (N-methyl/N-ethyl adjacent to an activating group) is 1. The molecule has 114 valence electrons. The topological polar surface area (TPSA) is 53.1 Å². The number of benzene rings is 1. The van der Waals surface area contributed by atoms with Crippen LogP contribution in [0.5, 0.6) is 0 Å². The third kappa shape index (κ3) is 3.19. The molecule has 2 N–H and O–H groups in total. The van der Waals surface area contributed by atoms with Crippen molar-refractivity contribution in [2.24, 2.45) is 0 Å². The summed E-state index contributed by atoms with van der Waals surface area (Å²) in [5.74, 6) is 0. The number of para-hydroxylation sites is 2. The van der Waals surface area contributed by atoms with E-state index in [-0.39, 0.29) is 5.69 Å². The van der Waals surface area contributed by atoms with Gasteiger partial charge in [0.1, 0.15) is 0 Å². The minimum Gasteiger partial charge on any atom is -0.316 e. The third-order valence-corrected chi connectivity index (χ3v) is 4.45. The lowest BCUT2D eigenvalue weighted by Gasteiger charge is -2.32. The van der Waals surface area contributed by atoms with Gasteiger partial charge in [0.15, 0.2) is 0 Å². The van der Waals surface area contributed by atoms with Gasteiger partial charge >= 0.3 is 5.69 Å². The van der Waals surface area contributed by atoms with E-state index in [1.54, 1.807) is 0 Å². The van der Waals surface area contributed by atoms with Gasteiger partial charge in [-0.2, -0.15) is 0 Å². The second-order valence-electron chi connectivity index (χ2n) is 5.88. The SMILES string of the molecule is CNC1CCCN(CCCn2c(=O)[nH]c3ccccc32)C1. The fourth-order valence-corrected chi connectivity index (χ4v) is 3.28. The van der Waals surface area contributed by atoms with Crippen molar-refractivity contribution >= 4 is 11.0 Å². The molecule has 3 rings (SSSR count). The van der Waals surface area contributed by atoms with Crippen molar-refractivity contribution in [1.29, 1.82) is 0 Å². The first kappa shape index (κ1) is 14.4. The molecule has 0 aliphatic carbocycles. The summed E-state index contributed by atoms with van der Waals surface area (Å²) in [6.45, 7) is 4.15. The molecule has 5 nitrogen and oxygen atoms in total. The normalized spacial score (nSPS) is 20.1. The summed E-state index contributed by atoms with van der Waals surface area (Å²) >= 11 is 0. The van der Waals surface area contributed by atoms with Crippen LogP contribution >= 0.6 is 0 Å². The van der Waals surface area contributed by atoms with Crippen LogP contribution in [-0.4, -0.2) is 47.2 Å². The van der Waals surface area contributed by atoms with Crippen LogP contribution in [0.25, 0.3) is 11.0 Å². The summed E-state index contributed by atoms with van der Waals surface area (Å²) in [4.78, 5) is 17.4. The van der Waals surface area contributed by atoms with Crippen LogP contribution in [0.1, 0.15) is 19.3 Å². The van der Waals surface area contributed by atoms with Crippen LogP contribution < -0.4 is 11.0 Å². The zero-order valence-electron chi connectivity index (χ0n) is 12.6. The van der Waals surface area contributed by atoms with Gasteiger partial charge < -0.3 is 15.2 Å². The van der Waals surface area contributed by atoms with Crippen LogP contribution in [0.15, 0.2) is 29.1 Å². The molecule has 0 spiro atoms. The monoisotopic (exact) mass is 288 g/mol. The zero-order chi connectivity index (χ0) is 14.7. The second kappa shape index (κ2) is 6.45. The first-order chi connectivity index (χ1) is 10.3. The number of hydrogen-bond acceptors (Lipinski definition) is 3. The first-order valence-electron chi connectivity index (χ1n) is 7.85. The van der Waals surface area contributed by atoms with E-state index in [0.29, 0.717) is 6.04 Å². The quantitative estimate of drug-likeness (QED) is 0.874. The van der Waals surface area contributed by atoms with Gasteiger partial charge in [0, 0.05) is 19.1 Å². The van der Waals surface area contributed by atoms with Gasteiger partial charge in [-0.05, 0) is 51.5 Å². The summed E-state index contributed by atoms with van der Waals surface area (Å²) in [5.41, 5.74) is 1.94. The number of aryl methyl sites for hydroxylation is 1. The first-order valence-corrected chi connectivity index (χ1v) is 7.85. The van der Waals surface area contributed by atoms with Gasteiger partial charge in [-0.3, -0.25) is 4.57 Å². The molecule has 1 atom stereocenters. The van der Waals surface area contributed by atoms with Crippen LogP contribution in [-0.2, 0) is 6.54 Å². The van der Waals surface area contributed by atoms with Crippen molar-refractivity contribution in [1.82, 2.24) is 19.8 Å². The summed E-state index contributed by atoms with van der Waals surface area (Å²) in [6.07, 6.45) is 3.55. The lowest BCUT2D eigenvalue weighted by Crippen LogP contribution is -2.44. The summed E-state index contributed by atoms with van der Waals surface area (Å²) in [6, 6.07) is 8.51. The van der Waals surface area contributed by atoms with E-state index in [4.69, 9.17) is 0 Å². The number of rotatable bonds is 5. The number of fused-ring (bicyclic) bond motifs is 1. The van der Waals surface area contributed by atoms with Crippen molar-refractivity contribution in [3.8, 4) is 0 Å². The molecule has 1 aromatic heterocycles. The maximum Gasteiger partial charge on any atom is 0.326 e. The van der Waals surface area contributed by atoms with E-state index < -0.39 is 0 Å². The molecule has 1 aromatic carbocycles. The average Bonchev–Trinajstić information content (AvgIpc) is 2.83. The number of piperidine rings is 1. The lowest BCUT2D eigenvalue weighted by atomic mass is 10.1. The highest BCUT2D eigenvalue weighted by Crippen LogP contribution is 2.12. The maximum atomic E-state index is 12.0. The van der Waals surface area contributed by atoms with Crippen LogP contribution in [0.4, 0.5) is 0 Å². The molecule has 1 aliphatic rings. The molecule has 0 bridgehead atoms. The Morgan fingerprint density at radius 2 is 2.19 bits per heavy atom. The number of nitrogens with zero attached hydrogens (tertiary/aromatic N) is 2. The Morgan fingerprint density at radius 3 is 3.05 bits per heavy atom. The van der Waals surface area contributed by atoms with Crippen molar-refractivity contribution in [2.75, 3.05) is 26.7 Å². The highest BCUT2D eigenvalue weighted by atomic mass is 16.1. The Labute approximate surface area is 125 Å². The fraction of sp³-hybridized carbons (Fsp3) is 0.562. The van der Waals surface area contributed by atoms with E-state index in [1.165, 1.54) is 19.4 Å². The number of aromatic amines is 1. The Morgan fingerprint density at radius 1 is 1.33 bits per heavy atom. The van der Waals surface area contributed by atoms with Crippen LogP contribution in [0.2, 0.25) is 0 Å². The van der Waals surface area contributed by atoms with Gasteiger partial charge in [0.25, 0.3) is 0 Å². The maximum absolute atomic E-state index is 12.0. The zero-order valence-corrected chi connectivity index (χ0v) is 12.6. The molecule has 2 aromatic rings. The standard InChI is InChI=1S/C16H24N4O/c1-17-13-6-4-9-19(12-13)10-5-11-20-15-8-3-2-7-14(15)18-16(20)21/h2-3,7-8,13,17H,4-6,9-12H2,1H3,(H,18,21). The highest BCUT2D eigenvalue weighted by molar-refractivity contribution is 5.74. The molecule has 0 amide bonds. The molecular formula is C16H24N4O. The average molecular weight is 288 g/mol. The summed E-state index contributed by atoms with van der Waals surface area (Å²) < 4.78 is 1.86.